The molecule has 1 heterocycles. The highest BCUT2D eigenvalue weighted by Crippen LogP contribution is 2.32. The first-order valence-electron chi connectivity index (χ1n) is 10.7. The van der Waals surface area contributed by atoms with Crippen LogP contribution in [0, 0.1) is 0 Å². The Bertz CT molecular complexity index is 1290. The lowest BCUT2D eigenvalue weighted by atomic mass is 10.0. The highest BCUT2D eigenvalue weighted by molar-refractivity contribution is 7.90. The molecule has 0 radical (unpaired) electrons. The van der Waals surface area contributed by atoms with Crippen molar-refractivity contribution in [2.24, 2.45) is 0 Å². The molecule has 0 fully saturated rings. The van der Waals surface area contributed by atoms with Crippen LogP contribution < -0.4 is 0 Å². The Hall–Kier alpha value is -2.72. The van der Waals surface area contributed by atoms with Gasteiger partial charge < -0.3 is 9.64 Å². The molecule has 1 amide bonds. The lowest BCUT2D eigenvalue weighted by Gasteiger charge is -2.24. The van der Waals surface area contributed by atoms with Crippen molar-refractivity contribution in [3.05, 3.63) is 65.8 Å². The van der Waals surface area contributed by atoms with Crippen LogP contribution >= 0.6 is 0 Å². The average molecular weight is 509 g/mol. The lowest BCUT2D eigenvalue weighted by molar-refractivity contribution is 0.0285. The largest absolute Gasteiger partial charge is 0.444 e. The first-order valence-corrected chi connectivity index (χ1v) is 13.7. The van der Waals surface area contributed by atoms with Gasteiger partial charge in [-0.3, -0.25) is 4.21 Å². The number of rotatable bonds is 6. The molecule has 7 nitrogen and oxygen atoms in total. The van der Waals surface area contributed by atoms with Crippen LogP contribution in [-0.2, 0) is 32.1 Å². The van der Waals surface area contributed by atoms with Crippen LogP contribution in [0.1, 0.15) is 44.9 Å². The topological polar surface area (TPSA) is 85.7 Å². The van der Waals surface area contributed by atoms with Gasteiger partial charge in [0.25, 0.3) is 10.0 Å². The van der Waals surface area contributed by atoms with Gasteiger partial charge >= 0.3 is 6.09 Å². The first kappa shape index (κ1) is 25.9. The SMILES string of the molecule is CN(Cc1cc(C2=C(F)CCC=C2)n(S(=O)(=O)c2cccc(S(C)=O)c2)c1)C(=O)OC(C)(C)C. The van der Waals surface area contributed by atoms with E-state index in [0.29, 0.717) is 16.9 Å². The molecule has 1 aromatic heterocycles. The molecule has 0 saturated heterocycles. The maximum atomic E-state index is 14.8. The maximum absolute atomic E-state index is 14.8. The number of benzene rings is 1. The molecule has 10 heteroatoms. The number of halogens is 1. The van der Waals surface area contributed by atoms with Gasteiger partial charge in [0.2, 0.25) is 0 Å². The Morgan fingerprint density at radius 2 is 1.97 bits per heavy atom. The van der Waals surface area contributed by atoms with Crippen LogP contribution in [0.2, 0.25) is 0 Å². The second-order valence-corrected chi connectivity index (χ2v) is 12.3. The minimum Gasteiger partial charge on any atom is -0.444 e. The summed E-state index contributed by atoms with van der Waals surface area (Å²) >= 11 is 0. The second-order valence-electron chi connectivity index (χ2n) is 9.06. The van der Waals surface area contributed by atoms with E-state index >= 15 is 0 Å². The molecule has 0 aliphatic heterocycles. The van der Waals surface area contributed by atoms with Gasteiger partial charge in [-0.2, -0.15) is 0 Å². The molecule has 1 atom stereocenters. The Labute approximate surface area is 202 Å². The zero-order valence-electron chi connectivity index (χ0n) is 19.9. The maximum Gasteiger partial charge on any atom is 0.410 e. The fourth-order valence-electron chi connectivity index (χ4n) is 3.44. The van der Waals surface area contributed by atoms with Crippen molar-refractivity contribution in [3.8, 4) is 0 Å². The molecule has 184 valence electrons. The zero-order valence-corrected chi connectivity index (χ0v) is 21.5. The van der Waals surface area contributed by atoms with E-state index in [1.54, 1.807) is 52.1 Å². The molecular formula is C24H29FN2O5S2. The minimum atomic E-state index is -4.15. The number of hydrogen-bond donors (Lipinski definition) is 0. The summed E-state index contributed by atoms with van der Waals surface area (Å²) in [6.45, 7) is 5.31. The van der Waals surface area contributed by atoms with Crippen molar-refractivity contribution < 1.29 is 26.5 Å². The Morgan fingerprint density at radius 1 is 1.26 bits per heavy atom. The third-order valence-corrected chi connectivity index (χ3v) is 7.63. The van der Waals surface area contributed by atoms with E-state index in [0.717, 1.165) is 3.97 Å². The number of nitrogens with zero attached hydrogens (tertiary/aromatic N) is 2. The summed E-state index contributed by atoms with van der Waals surface area (Å²) in [4.78, 5) is 14.0. The standard InChI is InChI=1S/C24H29FN2O5S2/c1-24(2,3)32-23(28)26(4)15-17-13-22(20-11-6-7-12-21(20)25)27(16-17)34(30,31)19-10-8-9-18(14-19)33(5)29/h6,8-11,13-14,16H,7,12,15H2,1-5H3. The smallest absolute Gasteiger partial charge is 0.410 e. The van der Waals surface area contributed by atoms with Gasteiger partial charge in [0, 0.05) is 47.2 Å². The summed E-state index contributed by atoms with van der Waals surface area (Å²) < 4.78 is 60.2. The summed E-state index contributed by atoms with van der Waals surface area (Å²) in [6.07, 6.45) is 6.34. The lowest BCUT2D eigenvalue weighted by Crippen LogP contribution is -2.33. The van der Waals surface area contributed by atoms with Crippen LogP contribution in [0.5, 0.6) is 0 Å². The summed E-state index contributed by atoms with van der Waals surface area (Å²) in [7, 11) is -3.98. The molecule has 0 spiro atoms. The highest BCUT2D eigenvalue weighted by atomic mass is 32.2. The van der Waals surface area contributed by atoms with Gasteiger partial charge in [0.1, 0.15) is 11.4 Å². The quantitative estimate of drug-likeness (QED) is 0.556. The number of ether oxygens (including phenoxy) is 1. The highest BCUT2D eigenvalue weighted by Gasteiger charge is 2.26. The molecule has 3 rings (SSSR count). The molecular weight excluding hydrogens is 479 g/mol. The fourth-order valence-corrected chi connectivity index (χ4v) is 5.52. The van der Waals surface area contributed by atoms with Crippen molar-refractivity contribution in [2.75, 3.05) is 13.3 Å². The Kier molecular flexibility index (Phi) is 7.52. The van der Waals surface area contributed by atoms with E-state index in [9.17, 15) is 21.8 Å². The van der Waals surface area contributed by atoms with Crippen LogP contribution in [0.3, 0.4) is 0 Å². The predicted molar refractivity (Wildman–Crippen MR) is 130 cm³/mol. The molecule has 1 aliphatic rings. The van der Waals surface area contributed by atoms with Crippen LogP contribution in [0.25, 0.3) is 5.57 Å². The summed E-state index contributed by atoms with van der Waals surface area (Å²) in [5, 5.41) is 0. The average Bonchev–Trinajstić information content (AvgIpc) is 3.17. The third-order valence-electron chi connectivity index (χ3n) is 5.04. The molecule has 0 saturated carbocycles. The van der Waals surface area contributed by atoms with Crippen molar-refractivity contribution in [1.82, 2.24) is 8.87 Å². The monoisotopic (exact) mass is 508 g/mol. The number of amides is 1. The van der Waals surface area contributed by atoms with Crippen LogP contribution in [0.15, 0.2) is 64.3 Å². The van der Waals surface area contributed by atoms with E-state index in [-0.39, 0.29) is 29.1 Å². The zero-order chi connectivity index (χ0) is 25.3. The number of carbonyl (C=O) groups excluding carboxylic acids is 1. The second kappa shape index (κ2) is 9.87. The normalized spacial score (nSPS) is 15.4. The van der Waals surface area contributed by atoms with Crippen molar-refractivity contribution >= 4 is 32.5 Å². The molecule has 2 aromatic rings. The number of carbonyl (C=O) groups is 1. The molecule has 1 aliphatic carbocycles. The molecule has 0 N–H and O–H groups in total. The minimum absolute atomic E-state index is 0.0576. The van der Waals surface area contributed by atoms with Gasteiger partial charge in [0.05, 0.1) is 17.1 Å². The Morgan fingerprint density at radius 3 is 2.59 bits per heavy atom. The third kappa shape index (κ3) is 5.85. The van der Waals surface area contributed by atoms with Gasteiger partial charge in [-0.05, 0) is 57.0 Å². The van der Waals surface area contributed by atoms with Gasteiger partial charge in [0.15, 0.2) is 0 Å². The van der Waals surface area contributed by atoms with Crippen molar-refractivity contribution in [2.45, 2.75) is 55.5 Å². The van der Waals surface area contributed by atoms with Gasteiger partial charge in [-0.1, -0.05) is 18.2 Å². The van der Waals surface area contributed by atoms with Gasteiger partial charge in [-0.25, -0.2) is 21.6 Å². The van der Waals surface area contributed by atoms with E-state index in [1.165, 1.54) is 35.6 Å². The van der Waals surface area contributed by atoms with E-state index in [2.05, 4.69) is 0 Å². The van der Waals surface area contributed by atoms with Crippen molar-refractivity contribution in [1.29, 1.82) is 0 Å². The molecule has 1 unspecified atom stereocenters. The van der Waals surface area contributed by atoms with E-state index < -0.39 is 38.3 Å². The number of hydrogen-bond acceptors (Lipinski definition) is 5. The Balaban J connectivity index is 2.08. The molecule has 34 heavy (non-hydrogen) atoms. The first-order chi connectivity index (χ1) is 15.8. The van der Waals surface area contributed by atoms with Crippen molar-refractivity contribution in [3.63, 3.8) is 0 Å². The molecule has 0 bridgehead atoms. The van der Waals surface area contributed by atoms with Gasteiger partial charge in [-0.15, -0.1) is 0 Å². The van der Waals surface area contributed by atoms with E-state index in [1.807, 2.05) is 0 Å². The summed E-state index contributed by atoms with van der Waals surface area (Å²) in [5.74, 6) is -0.410. The summed E-state index contributed by atoms with van der Waals surface area (Å²) in [5.41, 5.74) is 0.137. The van der Waals surface area contributed by atoms with Crippen LogP contribution in [-0.4, -0.2) is 46.5 Å². The predicted octanol–water partition coefficient (Wildman–Crippen LogP) is 4.86. The van der Waals surface area contributed by atoms with Crippen LogP contribution in [0.4, 0.5) is 9.18 Å². The number of allylic oxidation sites excluding steroid dienone is 4. The fraction of sp³-hybridized carbons (Fsp3) is 0.375. The summed E-state index contributed by atoms with van der Waals surface area (Å²) in [6, 6.07) is 7.42. The number of aromatic nitrogens is 1. The molecule has 1 aromatic carbocycles. The van der Waals surface area contributed by atoms with E-state index in [4.69, 9.17) is 4.74 Å².